The minimum Gasteiger partial charge on any atom is -0.493 e. The third-order valence-electron chi connectivity index (χ3n) is 2.84. The summed E-state index contributed by atoms with van der Waals surface area (Å²) in [6, 6.07) is 5.37. The first kappa shape index (κ1) is 12.2. The Balaban J connectivity index is 1.96. The van der Waals surface area contributed by atoms with E-state index in [9.17, 15) is 13.2 Å². The predicted octanol–water partition coefficient (Wildman–Crippen LogP) is 2.48. The third kappa shape index (κ3) is 2.91. The van der Waals surface area contributed by atoms with E-state index in [1.54, 1.807) is 12.1 Å². The molecule has 0 aliphatic carbocycles. The largest absolute Gasteiger partial charge is 0.493 e. The van der Waals surface area contributed by atoms with E-state index in [2.05, 4.69) is 0 Å². The Morgan fingerprint density at radius 3 is 2.82 bits per heavy atom. The number of aryl methyl sites for hydroxylation is 1. The second-order valence-electron chi connectivity index (χ2n) is 4.14. The Morgan fingerprint density at radius 1 is 1.35 bits per heavy atom. The highest BCUT2D eigenvalue weighted by Gasteiger charge is 2.37. The standard InChI is InChI=1S/C12H13F3O2/c13-12(14,15)11(16)4-2-8-1-3-10-9(7-8)5-6-17-10/h1,3,7,11,16H,2,4-6H2. The van der Waals surface area contributed by atoms with Gasteiger partial charge in [-0.1, -0.05) is 12.1 Å². The molecule has 1 aromatic rings. The van der Waals surface area contributed by atoms with E-state index < -0.39 is 12.3 Å². The molecule has 2 rings (SSSR count). The number of halogens is 3. The van der Waals surface area contributed by atoms with Crippen LogP contribution >= 0.6 is 0 Å². The Kier molecular flexibility index (Phi) is 3.28. The molecule has 0 saturated carbocycles. The van der Waals surface area contributed by atoms with Gasteiger partial charge in [-0.15, -0.1) is 0 Å². The van der Waals surface area contributed by atoms with Crippen molar-refractivity contribution >= 4 is 0 Å². The highest BCUT2D eigenvalue weighted by molar-refractivity contribution is 5.39. The molecule has 0 fully saturated rings. The van der Waals surface area contributed by atoms with Crippen LogP contribution in [0.1, 0.15) is 17.5 Å². The molecule has 2 nitrogen and oxygen atoms in total. The zero-order chi connectivity index (χ0) is 12.5. The molecule has 1 aliphatic rings. The SMILES string of the molecule is OC(CCc1ccc2c(c1)CCO2)C(F)(F)F. The van der Waals surface area contributed by atoms with Crippen LogP contribution in [0, 0.1) is 0 Å². The van der Waals surface area contributed by atoms with Gasteiger partial charge in [0, 0.05) is 6.42 Å². The average molecular weight is 246 g/mol. The van der Waals surface area contributed by atoms with Crippen molar-refractivity contribution < 1.29 is 23.0 Å². The minimum absolute atomic E-state index is 0.216. The van der Waals surface area contributed by atoms with Crippen molar-refractivity contribution in [3.8, 4) is 5.75 Å². The predicted molar refractivity (Wildman–Crippen MR) is 56.0 cm³/mol. The lowest BCUT2D eigenvalue weighted by atomic mass is 10.0. The summed E-state index contributed by atoms with van der Waals surface area (Å²) in [5, 5.41) is 8.89. The van der Waals surface area contributed by atoms with E-state index in [0.717, 1.165) is 23.3 Å². The van der Waals surface area contributed by atoms with Gasteiger partial charge in [-0.05, 0) is 30.0 Å². The third-order valence-corrected chi connectivity index (χ3v) is 2.84. The molecule has 1 atom stereocenters. The molecule has 1 heterocycles. The van der Waals surface area contributed by atoms with Gasteiger partial charge < -0.3 is 9.84 Å². The summed E-state index contributed by atoms with van der Waals surface area (Å²) in [5.41, 5.74) is 1.83. The molecule has 0 bridgehead atoms. The van der Waals surface area contributed by atoms with Crippen molar-refractivity contribution in [2.75, 3.05) is 6.61 Å². The number of fused-ring (bicyclic) bond motifs is 1. The molecule has 0 aromatic heterocycles. The number of aliphatic hydroxyl groups excluding tert-OH is 1. The molecule has 0 spiro atoms. The number of benzene rings is 1. The lowest BCUT2D eigenvalue weighted by molar-refractivity contribution is -0.205. The molecule has 1 unspecified atom stereocenters. The zero-order valence-corrected chi connectivity index (χ0v) is 9.13. The minimum atomic E-state index is -4.53. The second-order valence-corrected chi connectivity index (χ2v) is 4.14. The fraction of sp³-hybridized carbons (Fsp3) is 0.500. The van der Waals surface area contributed by atoms with Crippen LogP contribution in [0.25, 0.3) is 0 Å². The van der Waals surface area contributed by atoms with Gasteiger partial charge in [0.25, 0.3) is 0 Å². The zero-order valence-electron chi connectivity index (χ0n) is 9.13. The quantitative estimate of drug-likeness (QED) is 0.887. The smallest absolute Gasteiger partial charge is 0.414 e. The van der Waals surface area contributed by atoms with E-state index in [4.69, 9.17) is 9.84 Å². The summed E-state index contributed by atoms with van der Waals surface area (Å²) in [6.45, 7) is 0.629. The van der Waals surface area contributed by atoms with Gasteiger partial charge in [0.15, 0.2) is 0 Å². The first-order valence-electron chi connectivity index (χ1n) is 5.46. The van der Waals surface area contributed by atoms with E-state index in [1.165, 1.54) is 0 Å². The molecular formula is C12H13F3O2. The molecule has 94 valence electrons. The van der Waals surface area contributed by atoms with Gasteiger partial charge >= 0.3 is 6.18 Å². The summed E-state index contributed by atoms with van der Waals surface area (Å²) in [5.74, 6) is 0.810. The fourth-order valence-corrected chi connectivity index (χ4v) is 1.86. The number of rotatable bonds is 3. The fourth-order valence-electron chi connectivity index (χ4n) is 1.86. The summed E-state index contributed by atoms with van der Waals surface area (Å²) < 4.78 is 41.6. The number of hydrogen-bond donors (Lipinski definition) is 1. The Labute approximate surface area is 97.0 Å². The molecule has 0 amide bonds. The van der Waals surface area contributed by atoms with Crippen LogP contribution < -0.4 is 4.74 Å². The normalized spacial score (nSPS) is 16.5. The average Bonchev–Trinajstić information content (AvgIpc) is 2.71. The van der Waals surface area contributed by atoms with Gasteiger partial charge in [0.1, 0.15) is 11.9 Å². The van der Waals surface area contributed by atoms with Crippen LogP contribution in [-0.2, 0) is 12.8 Å². The van der Waals surface area contributed by atoms with Crippen molar-refractivity contribution in [3.05, 3.63) is 29.3 Å². The summed E-state index contributed by atoms with van der Waals surface area (Å²) >= 11 is 0. The van der Waals surface area contributed by atoms with E-state index in [0.29, 0.717) is 6.61 Å². The molecule has 1 aromatic carbocycles. The highest BCUT2D eigenvalue weighted by Crippen LogP contribution is 2.28. The monoisotopic (exact) mass is 246 g/mol. The van der Waals surface area contributed by atoms with Gasteiger partial charge in [0.2, 0.25) is 0 Å². The number of hydrogen-bond acceptors (Lipinski definition) is 2. The molecule has 0 radical (unpaired) electrons. The van der Waals surface area contributed by atoms with Crippen molar-refractivity contribution in [2.24, 2.45) is 0 Å². The van der Waals surface area contributed by atoms with E-state index in [1.807, 2.05) is 6.07 Å². The first-order chi connectivity index (χ1) is 7.97. The van der Waals surface area contributed by atoms with Crippen molar-refractivity contribution in [1.29, 1.82) is 0 Å². The topological polar surface area (TPSA) is 29.5 Å². The molecular weight excluding hydrogens is 233 g/mol. The Hall–Kier alpha value is -1.23. The van der Waals surface area contributed by atoms with Crippen LogP contribution in [0.3, 0.4) is 0 Å². The van der Waals surface area contributed by atoms with Crippen molar-refractivity contribution in [1.82, 2.24) is 0 Å². The highest BCUT2D eigenvalue weighted by atomic mass is 19.4. The molecule has 5 heteroatoms. The van der Waals surface area contributed by atoms with E-state index >= 15 is 0 Å². The maximum atomic E-state index is 12.1. The summed E-state index contributed by atoms with van der Waals surface area (Å²) in [7, 11) is 0. The van der Waals surface area contributed by atoms with Crippen LogP contribution in [0.2, 0.25) is 0 Å². The Morgan fingerprint density at radius 2 is 2.12 bits per heavy atom. The lowest BCUT2D eigenvalue weighted by Gasteiger charge is -2.14. The maximum absolute atomic E-state index is 12.1. The van der Waals surface area contributed by atoms with Crippen LogP contribution in [0.5, 0.6) is 5.75 Å². The number of ether oxygens (including phenoxy) is 1. The summed E-state index contributed by atoms with van der Waals surface area (Å²) in [6.07, 6.45) is -6.06. The number of alkyl halides is 3. The Bertz CT molecular complexity index is 401. The molecule has 1 N–H and O–H groups in total. The summed E-state index contributed by atoms with van der Waals surface area (Å²) in [4.78, 5) is 0. The van der Waals surface area contributed by atoms with Gasteiger partial charge in [-0.3, -0.25) is 0 Å². The van der Waals surface area contributed by atoms with Crippen LogP contribution in [-0.4, -0.2) is 24.0 Å². The molecule has 1 aliphatic heterocycles. The molecule has 0 saturated heterocycles. The van der Waals surface area contributed by atoms with Crippen molar-refractivity contribution in [3.63, 3.8) is 0 Å². The van der Waals surface area contributed by atoms with E-state index in [-0.39, 0.29) is 12.8 Å². The van der Waals surface area contributed by atoms with Gasteiger partial charge in [-0.2, -0.15) is 13.2 Å². The molecule has 17 heavy (non-hydrogen) atoms. The first-order valence-corrected chi connectivity index (χ1v) is 5.46. The number of aliphatic hydroxyl groups is 1. The maximum Gasteiger partial charge on any atom is 0.414 e. The second kappa shape index (κ2) is 4.56. The van der Waals surface area contributed by atoms with Gasteiger partial charge in [0.05, 0.1) is 6.61 Å². The van der Waals surface area contributed by atoms with Gasteiger partial charge in [-0.25, -0.2) is 0 Å². The van der Waals surface area contributed by atoms with Crippen LogP contribution in [0.4, 0.5) is 13.2 Å². The lowest BCUT2D eigenvalue weighted by Crippen LogP contribution is -2.28. The van der Waals surface area contributed by atoms with Crippen LogP contribution in [0.15, 0.2) is 18.2 Å². The van der Waals surface area contributed by atoms with Crippen molar-refractivity contribution in [2.45, 2.75) is 31.5 Å².